The van der Waals surface area contributed by atoms with Crippen LogP contribution in [-0.2, 0) is 20.9 Å². The van der Waals surface area contributed by atoms with Crippen molar-refractivity contribution in [2.24, 2.45) is 0 Å². The molecular formula is C26H27ClN2O6. The normalized spacial score (nSPS) is 22.3. The van der Waals surface area contributed by atoms with Gasteiger partial charge in [0, 0.05) is 35.7 Å². The van der Waals surface area contributed by atoms with Crippen LogP contribution in [0.1, 0.15) is 30.4 Å². The Hall–Kier alpha value is -3.20. The third kappa shape index (κ3) is 4.96. The standard InChI is InChI=1S/C26H27ClN2O6/c1-2-20(31)26(34)29(14-15-7-9-16(27)10-8-15)19-13-18(25(33)28-11-12-30)22-17-5-3-4-6-21(17)35-24(22)23(19)32/h3-10,13,19,22-24,30,32H,2,11-12,14H2,1H3,(H,28,33)/t19-,22+,23+,24+/m1/s1. The van der Waals surface area contributed by atoms with Crippen LogP contribution in [0, 0.1) is 0 Å². The van der Waals surface area contributed by atoms with Crippen LogP contribution in [0.3, 0.4) is 0 Å². The number of aliphatic hydroxyl groups is 2. The average Bonchev–Trinajstić information content (AvgIpc) is 3.27. The molecule has 0 saturated carbocycles. The Bertz CT molecular complexity index is 1150. The van der Waals surface area contributed by atoms with Crippen molar-refractivity contribution in [3.05, 3.63) is 76.3 Å². The molecule has 2 amide bonds. The van der Waals surface area contributed by atoms with Crippen LogP contribution in [0.25, 0.3) is 0 Å². The van der Waals surface area contributed by atoms with E-state index < -0.39 is 41.8 Å². The first kappa shape index (κ1) is 24.9. The third-order valence-electron chi connectivity index (χ3n) is 6.32. The summed E-state index contributed by atoms with van der Waals surface area (Å²) in [4.78, 5) is 40.0. The maximum Gasteiger partial charge on any atom is 0.290 e. The van der Waals surface area contributed by atoms with Crippen LogP contribution < -0.4 is 10.1 Å². The van der Waals surface area contributed by atoms with Gasteiger partial charge in [-0.25, -0.2) is 0 Å². The second-order valence-electron chi connectivity index (χ2n) is 8.52. The number of ether oxygens (including phenoxy) is 1. The van der Waals surface area contributed by atoms with Crippen molar-refractivity contribution in [3.63, 3.8) is 0 Å². The molecule has 35 heavy (non-hydrogen) atoms. The summed E-state index contributed by atoms with van der Waals surface area (Å²) < 4.78 is 6.06. The number of rotatable bonds is 8. The van der Waals surface area contributed by atoms with Crippen LogP contribution >= 0.6 is 11.6 Å². The molecule has 0 aromatic heterocycles. The summed E-state index contributed by atoms with van der Waals surface area (Å²) in [6, 6.07) is 13.0. The molecule has 1 aliphatic heterocycles. The summed E-state index contributed by atoms with van der Waals surface area (Å²) in [5, 5.41) is 23.8. The Morgan fingerprint density at radius 1 is 1.11 bits per heavy atom. The lowest BCUT2D eigenvalue weighted by molar-refractivity contribution is -0.148. The molecule has 8 nitrogen and oxygen atoms in total. The fourth-order valence-electron chi connectivity index (χ4n) is 4.60. The van der Waals surface area contributed by atoms with Gasteiger partial charge in [0.1, 0.15) is 18.0 Å². The Morgan fingerprint density at radius 2 is 1.83 bits per heavy atom. The summed E-state index contributed by atoms with van der Waals surface area (Å²) in [5.41, 5.74) is 1.76. The fourth-order valence-corrected chi connectivity index (χ4v) is 4.73. The van der Waals surface area contributed by atoms with Crippen molar-refractivity contribution < 1.29 is 29.3 Å². The van der Waals surface area contributed by atoms with Crippen molar-refractivity contribution in [1.82, 2.24) is 10.2 Å². The maximum absolute atomic E-state index is 13.2. The summed E-state index contributed by atoms with van der Waals surface area (Å²) >= 11 is 5.99. The molecule has 1 aliphatic carbocycles. The van der Waals surface area contributed by atoms with Gasteiger partial charge in [-0.05, 0) is 29.8 Å². The number of fused-ring (bicyclic) bond motifs is 3. The van der Waals surface area contributed by atoms with Gasteiger partial charge >= 0.3 is 0 Å². The molecule has 2 aromatic rings. The SMILES string of the molecule is CCC(=O)C(=O)N(Cc1ccc(Cl)cc1)[C@@H]1C=C(C(=O)NCCO)[C@@H]2c3ccccc3O[C@@H]2[C@H]1O. The van der Waals surface area contributed by atoms with E-state index >= 15 is 0 Å². The lowest BCUT2D eigenvalue weighted by atomic mass is 9.77. The maximum atomic E-state index is 13.2. The van der Waals surface area contributed by atoms with Gasteiger partial charge in [-0.2, -0.15) is 0 Å². The lowest BCUT2D eigenvalue weighted by Gasteiger charge is -2.40. The van der Waals surface area contributed by atoms with Gasteiger partial charge in [0.15, 0.2) is 0 Å². The molecule has 3 N–H and O–H groups in total. The van der Waals surface area contributed by atoms with Gasteiger partial charge in [0.2, 0.25) is 11.7 Å². The van der Waals surface area contributed by atoms with E-state index in [9.17, 15) is 24.6 Å². The summed E-state index contributed by atoms with van der Waals surface area (Å²) in [5.74, 6) is -1.82. The number of nitrogens with one attached hydrogen (secondary N) is 1. The number of amides is 2. The number of hydrogen-bond acceptors (Lipinski definition) is 6. The van der Waals surface area contributed by atoms with Crippen LogP contribution in [-0.4, -0.2) is 64.1 Å². The van der Waals surface area contributed by atoms with Gasteiger partial charge < -0.3 is 25.2 Å². The van der Waals surface area contributed by atoms with E-state index in [0.29, 0.717) is 21.9 Å². The van der Waals surface area contributed by atoms with Crippen LogP contribution in [0.4, 0.5) is 0 Å². The predicted octanol–water partition coefficient (Wildman–Crippen LogP) is 1.97. The van der Waals surface area contributed by atoms with Crippen molar-refractivity contribution in [2.75, 3.05) is 13.2 Å². The first-order valence-electron chi connectivity index (χ1n) is 11.5. The molecule has 4 rings (SSSR count). The van der Waals surface area contributed by atoms with E-state index in [4.69, 9.17) is 16.3 Å². The van der Waals surface area contributed by atoms with E-state index in [1.165, 1.54) is 4.90 Å². The molecule has 0 fully saturated rings. The van der Waals surface area contributed by atoms with Crippen LogP contribution in [0.5, 0.6) is 5.75 Å². The summed E-state index contributed by atoms with van der Waals surface area (Å²) in [7, 11) is 0. The molecule has 9 heteroatoms. The molecule has 4 atom stereocenters. The summed E-state index contributed by atoms with van der Waals surface area (Å²) in [6.07, 6.45) is -0.502. The van der Waals surface area contributed by atoms with Gasteiger partial charge in [-0.3, -0.25) is 14.4 Å². The minimum absolute atomic E-state index is 0.000316. The van der Waals surface area contributed by atoms with E-state index in [-0.39, 0.29) is 26.1 Å². The molecule has 2 aromatic carbocycles. The molecule has 0 bridgehead atoms. The first-order chi connectivity index (χ1) is 16.8. The van der Waals surface area contributed by atoms with E-state index in [2.05, 4.69) is 5.32 Å². The number of carbonyl (C=O) groups excluding carboxylic acids is 3. The van der Waals surface area contributed by atoms with E-state index in [0.717, 1.165) is 5.56 Å². The number of Topliss-reactive ketones (excluding diaryl/α,β-unsaturated/α-hetero) is 1. The van der Waals surface area contributed by atoms with E-state index in [1.807, 2.05) is 12.1 Å². The highest BCUT2D eigenvalue weighted by Gasteiger charge is 2.50. The topological polar surface area (TPSA) is 116 Å². The van der Waals surface area contributed by atoms with Gasteiger partial charge in [-0.1, -0.05) is 48.9 Å². The predicted molar refractivity (Wildman–Crippen MR) is 129 cm³/mol. The smallest absolute Gasteiger partial charge is 0.290 e. The second kappa shape index (κ2) is 10.6. The molecule has 0 saturated heterocycles. The molecule has 0 spiro atoms. The van der Waals surface area contributed by atoms with E-state index in [1.54, 1.807) is 49.4 Å². The summed E-state index contributed by atoms with van der Waals surface area (Å²) in [6.45, 7) is 1.42. The second-order valence-corrected chi connectivity index (χ2v) is 8.95. The third-order valence-corrected chi connectivity index (χ3v) is 6.58. The Kier molecular flexibility index (Phi) is 7.54. The fraction of sp³-hybridized carbons (Fsp3) is 0.346. The van der Waals surface area contributed by atoms with Gasteiger partial charge in [0.25, 0.3) is 5.91 Å². The molecule has 184 valence electrons. The highest BCUT2D eigenvalue weighted by molar-refractivity contribution is 6.36. The largest absolute Gasteiger partial charge is 0.486 e. The van der Waals surface area contributed by atoms with Crippen molar-refractivity contribution in [3.8, 4) is 5.75 Å². The van der Waals surface area contributed by atoms with Gasteiger partial charge in [-0.15, -0.1) is 0 Å². The Morgan fingerprint density at radius 3 is 2.51 bits per heavy atom. The van der Waals surface area contributed by atoms with Crippen molar-refractivity contribution >= 4 is 29.2 Å². The molecule has 0 unspecified atom stereocenters. The average molecular weight is 499 g/mol. The zero-order valence-corrected chi connectivity index (χ0v) is 19.9. The number of carbonyl (C=O) groups is 3. The molecular weight excluding hydrogens is 472 g/mol. The highest BCUT2D eigenvalue weighted by atomic mass is 35.5. The molecule has 2 aliphatic rings. The number of benzene rings is 2. The number of ketones is 1. The first-order valence-corrected chi connectivity index (χ1v) is 11.9. The number of aliphatic hydroxyl groups excluding tert-OH is 2. The highest BCUT2D eigenvalue weighted by Crippen LogP contribution is 2.47. The number of hydrogen-bond donors (Lipinski definition) is 3. The van der Waals surface area contributed by atoms with Crippen LogP contribution in [0.2, 0.25) is 5.02 Å². The van der Waals surface area contributed by atoms with Crippen molar-refractivity contribution in [1.29, 1.82) is 0 Å². The monoisotopic (exact) mass is 498 g/mol. The molecule has 1 heterocycles. The molecule has 0 radical (unpaired) electrons. The number of nitrogens with zero attached hydrogens (tertiary/aromatic N) is 1. The van der Waals surface area contributed by atoms with Gasteiger partial charge in [0.05, 0.1) is 18.6 Å². The minimum Gasteiger partial charge on any atom is -0.486 e. The number of halogens is 1. The number of para-hydroxylation sites is 1. The zero-order chi connectivity index (χ0) is 25.1. The Labute approximate surface area is 208 Å². The quantitative estimate of drug-likeness (QED) is 0.479. The van der Waals surface area contributed by atoms with Crippen molar-refractivity contribution in [2.45, 2.75) is 44.1 Å². The Balaban J connectivity index is 1.77. The van der Waals surface area contributed by atoms with Crippen LogP contribution in [0.15, 0.2) is 60.2 Å². The lowest BCUT2D eigenvalue weighted by Crippen LogP contribution is -2.56. The minimum atomic E-state index is -1.21. The zero-order valence-electron chi connectivity index (χ0n) is 19.2.